The average Bonchev–Trinajstić information content (AvgIpc) is 2.31. The van der Waals surface area contributed by atoms with Gasteiger partial charge in [0.25, 0.3) is 0 Å². The minimum absolute atomic E-state index is 0.208. The van der Waals surface area contributed by atoms with Crippen molar-refractivity contribution in [3.05, 3.63) is 34.5 Å². The molecule has 0 amide bonds. The molecule has 21 heavy (non-hydrogen) atoms. The number of hydrogen-bond acceptors (Lipinski definition) is 1. The third kappa shape index (κ3) is 8.99. The fraction of sp³-hybridized carbons (Fsp3) is 0.667. The Balaban J connectivity index is 4.97. The van der Waals surface area contributed by atoms with Gasteiger partial charge in [0.05, 0.1) is 6.10 Å². The highest BCUT2D eigenvalue weighted by atomic mass is 127. The van der Waals surface area contributed by atoms with Gasteiger partial charge < -0.3 is 4.43 Å². The van der Waals surface area contributed by atoms with Crippen LogP contribution >= 0.6 is 22.6 Å². The summed E-state index contributed by atoms with van der Waals surface area (Å²) in [6.07, 6.45) is 8.65. The van der Waals surface area contributed by atoms with Crippen LogP contribution in [-0.2, 0) is 4.43 Å². The first-order valence-electron chi connectivity index (χ1n) is 7.79. The van der Waals surface area contributed by atoms with E-state index in [0.717, 1.165) is 25.7 Å². The molecule has 0 rings (SSSR count). The third-order valence-electron chi connectivity index (χ3n) is 4.06. The maximum Gasteiger partial charge on any atom is 0.192 e. The van der Waals surface area contributed by atoms with Gasteiger partial charge in [-0.25, -0.2) is 0 Å². The number of halogens is 1. The maximum atomic E-state index is 6.59. The van der Waals surface area contributed by atoms with E-state index in [9.17, 15) is 0 Å². The normalized spacial score (nSPS) is 14.9. The van der Waals surface area contributed by atoms with Gasteiger partial charge in [-0.3, -0.25) is 0 Å². The minimum Gasteiger partial charge on any atom is -0.411 e. The van der Waals surface area contributed by atoms with Crippen molar-refractivity contribution in [3.8, 4) is 0 Å². The minimum atomic E-state index is -1.74. The van der Waals surface area contributed by atoms with E-state index >= 15 is 0 Å². The molecule has 1 nitrogen and oxygen atoms in total. The smallest absolute Gasteiger partial charge is 0.192 e. The molecular formula is C18H33IOSi. The van der Waals surface area contributed by atoms with Crippen LogP contribution < -0.4 is 0 Å². The molecule has 0 heterocycles. The van der Waals surface area contributed by atoms with Crippen molar-refractivity contribution in [2.45, 2.75) is 77.6 Å². The molecule has 0 aliphatic heterocycles. The van der Waals surface area contributed by atoms with Crippen LogP contribution in [0.15, 0.2) is 34.5 Å². The molecule has 0 fully saturated rings. The number of hydrogen-bond donors (Lipinski definition) is 0. The Bertz CT molecular complexity index is 377. The molecule has 0 spiro atoms. The molecule has 0 aromatic rings. The van der Waals surface area contributed by atoms with Crippen LogP contribution in [-0.4, -0.2) is 14.4 Å². The molecule has 0 unspecified atom stereocenters. The van der Waals surface area contributed by atoms with Crippen molar-refractivity contribution in [1.82, 2.24) is 0 Å². The molecule has 0 radical (unpaired) electrons. The fourth-order valence-electron chi connectivity index (χ4n) is 1.65. The second-order valence-corrected chi connectivity index (χ2v) is 13.5. The Labute approximate surface area is 147 Å². The van der Waals surface area contributed by atoms with Crippen molar-refractivity contribution in [2.75, 3.05) is 0 Å². The van der Waals surface area contributed by atoms with Crippen molar-refractivity contribution in [2.24, 2.45) is 0 Å². The summed E-state index contributed by atoms with van der Waals surface area (Å²) >= 11 is 2.44. The van der Waals surface area contributed by atoms with Gasteiger partial charge >= 0.3 is 0 Å². The van der Waals surface area contributed by atoms with Gasteiger partial charge in [-0.15, -0.1) is 13.2 Å². The number of rotatable bonds is 9. The topological polar surface area (TPSA) is 9.23 Å². The van der Waals surface area contributed by atoms with E-state index in [0.29, 0.717) is 0 Å². The first kappa shape index (κ1) is 21.1. The van der Waals surface area contributed by atoms with Gasteiger partial charge in [-0.05, 0) is 83.0 Å². The number of allylic oxidation sites excluding steroid dienone is 3. The Hall–Kier alpha value is 0.127. The second kappa shape index (κ2) is 9.31. The molecule has 3 heteroatoms. The van der Waals surface area contributed by atoms with Crippen LogP contribution in [0.5, 0.6) is 0 Å². The van der Waals surface area contributed by atoms with E-state index in [4.69, 9.17) is 4.43 Å². The zero-order chi connectivity index (χ0) is 16.7. The molecule has 0 saturated heterocycles. The van der Waals surface area contributed by atoms with Gasteiger partial charge in [0, 0.05) is 0 Å². The Morgan fingerprint density at radius 3 is 2.29 bits per heavy atom. The monoisotopic (exact) mass is 420 g/mol. The molecule has 0 aromatic heterocycles. The molecule has 1 atom stereocenters. The lowest BCUT2D eigenvalue weighted by atomic mass is 10.1. The lowest BCUT2D eigenvalue weighted by Crippen LogP contribution is -2.43. The molecule has 0 bridgehead atoms. The van der Waals surface area contributed by atoms with Gasteiger partial charge in [0.15, 0.2) is 8.32 Å². The fourth-order valence-corrected chi connectivity index (χ4v) is 3.65. The zero-order valence-electron chi connectivity index (χ0n) is 14.8. The summed E-state index contributed by atoms with van der Waals surface area (Å²) in [4.78, 5) is 0. The van der Waals surface area contributed by atoms with Gasteiger partial charge in [0.1, 0.15) is 0 Å². The summed E-state index contributed by atoms with van der Waals surface area (Å²) in [6.45, 7) is 21.4. The van der Waals surface area contributed by atoms with E-state index in [1.54, 1.807) is 0 Å². The van der Waals surface area contributed by atoms with E-state index < -0.39 is 8.32 Å². The van der Waals surface area contributed by atoms with E-state index in [1.165, 1.54) is 9.15 Å². The van der Waals surface area contributed by atoms with Crippen LogP contribution in [0.25, 0.3) is 0 Å². The summed E-state index contributed by atoms with van der Waals surface area (Å²) in [5.41, 5.74) is 1.23. The molecule has 0 aliphatic rings. The van der Waals surface area contributed by atoms with Gasteiger partial charge in [-0.2, -0.15) is 0 Å². The molecule has 0 aromatic carbocycles. The van der Waals surface area contributed by atoms with Crippen molar-refractivity contribution in [1.29, 1.82) is 0 Å². The summed E-state index contributed by atoms with van der Waals surface area (Å²) in [6, 6.07) is 0. The summed E-state index contributed by atoms with van der Waals surface area (Å²) in [7, 11) is -1.74. The Kier molecular flexibility index (Phi) is 9.36. The second-order valence-electron chi connectivity index (χ2n) is 7.35. The first-order chi connectivity index (χ1) is 9.49. The highest BCUT2D eigenvalue weighted by molar-refractivity contribution is 14.1. The molecule has 0 N–H and O–H groups in total. The van der Waals surface area contributed by atoms with E-state index in [1.807, 2.05) is 6.08 Å². The highest BCUT2D eigenvalue weighted by Gasteiger charge is 2.38. The van der Waals surface area contributed by atoms with Crippen molar-refractivity contribution < 1.29 is 4.43 Å². The average molecular weight is 420 g/mol. The molecule has 0 aliphatic carbocycles. The van der Waals surface area contributed by atoms with Crippen LogP contribution in [0, 0.1) is 0 Å². The molecule has 0 saturated carbocycles. The lowest BCUT2D eigenvalue weighted by molar-refractivity contribution is 0.215. The highest BCUT2D eigenvalue weighted by Crippen LogP contribution is 2.38. The SMILES string of the molecule is C=CCC/C(I)=C/[C@H](CCC(=C)C)O[Si](C)(C)C(C)(C)C. The van der Waals surface area contributed by atoms with Crippen LogP contribution in [0.3, 0.4) is 0 Å². The summed E-state index contributed by atoms with van der Waals surface area (Å²) in [5, 5.41) is 0.245. The van der Waals surface area contributed by atoms with Crippen LogP contribution in [0.1, 0.15) is 53.4 Å². The van der Waals surface area contributed by atoms with Gasteiger partial charge in [-0.1, -0.05) is 32.4 Å². The lowest BCUT2D eigenvalue weighted by Gasteiger charge is -2.38. The summed E-state index contributed by atoms with van der Waals surface area (Å²) in [5.74, 6) is 0. The van der Waals surface area contributed by atoms with Crippen molar-refractivity contribution in [3.63, 3.8) is 0 Å². The van der Waals surface area contributed by atoms with E-state index in [2.05, 4.69) is 82.6 Å². The van der Waals surface area contributed by atoms with Crippen LogP contribution in [0.4, 0.5) is 0 Å². The Morgan fingerprint density at radius 2 is 1.86 bits per heavy atom. The summed E-state index contributed by atoms with van der Waals surface area (Å²) < 4.78 is 7.97. The molecule has 122 valence electrons. The Morgan fingerprint density at radius 1 is 1.29 bits per heavy atom. The quantitative estimate of drug-likeness (QED) is 0.221. The van der Waals surface area contributed by atoms with Crippen molar-refractivity contribution >= 4 is 30.9 Å². The predicted molar refractivity (Wildman–Crippen MR) is 108 cm³/mol. The van der Waals surface area contributed by atoms with E-state index in [-0.39, 0.29) is 11.1 Å². The predicted octanol–water partition coefficient (Wildman–Crippen LogP) is 7.02. The zero-order valence-corrected chi connectivity index (χ0v) is 17.9. The van der Waals surface area contributed by atoms with Gasteiger partial charge in [0.2, 0.25) is 0 Å². The standard InChI is InChI=1S/C18H33IOSi/c1-9-10-11-16(19)14-17(13-12-15(2)3)20-21(7,8)18(4,5)6/h9,14,17H,1-2,10-13H2,3-8H3/b16-14-/t17-/m0/s1. The maximum absolute atomic E-state index is 6.59. The largest absolute Gasteiger partial charge is 0.411 e. The molecular weight excluding hydrogens is 387 g/mol. The first-order valence-corrected chi connectivity index (χ1v) is 11.8. The van der Waals surface area contributed by atoms with Crippen LogP contribution in [0.2, 0.25) is 18.1 Å². The third-order valence-corrected chi connectivity index (χ3v) is 9.47.